The molecule has 1 atom stereocenters. The van der Waals surface area contributed by atoms with E-state index < -0.39 is 0 Å². The highest BCUT2D eigenvalue weighted by Crippen LogP contribution is 2.20. The summed E-state index contributed by atoms with van der Waals surface area (Å²) in [7, 11) is 0. The molecule has 2 heterocycles. The van der Waals surface area contributed by atoms with Gasteiger partial charge in [0.2, 0.25) is 0 Å². The predicted octanol–water partition coefficient (Wildman–Crippen LogP) is 1.88. The van der Waals surface area contributed by atoms with E-state index in [1.807, 2.05) is 10.9 Å². The van der Waals surface area contributed by atoms with Crippen molar-refractivity contribution in [2.45, 2.75) is 45.8 Å². The Kier molecular flexibility index (Phi) is 6.12. The fourth-order valence-corrected chi connectivity index (χ4v) is 2.56. The Balaban J connectivity index is 0.00000162. The minimum Gasteiger partial charge on any atom is -0.328 e. The topological polar surface area (TPSA) is 47.1 Å². The number of hydrogen-bond acceptors (Lipinski definition) is 3. The summed E-state index contributed by atoms with van der Waals surface area (Å²) >= 11 is 0. The van der Waals surface area contributed by atoms with Crippen molar-refractivity contribution in [3.63, 3.8) is 0 Å². The number of halogens is 1. The number of aromatic nitrogens is 2. The fourth-order valence-electron chi connectivity index (χ4n) is 2.56. The van der Waals surface area contributed by atoms with Crippen LogP contribution < -0.4 is 5.73 Å². The summed E-state index contributed by atoms with van der Waals surface area (Å²) < 4.78 is 1.99. The van der Waals surface area contributed by atoms with Crippen LogP contribution >= 0.6 is 12.4 Å². The maximum absolute atomic E-state index is 5.95. The molecule has 1 fully saturated rings. The SMILES string of the molecule is CCn1cc(CN2CCC(C(C)N)CC2)cn1.Cl. The van der Waals surface area contributed by atoms with Gasteiger partial charge in [-0.05, 0) is 45.7 Å². The molecule has 104 valence electrons. The fraction of sp³-hybridized carbons (Fsp3) is 0.769. The van der Waals surface area contributed by atoms with Gasteiger partial charge < -0.3 is 5.73 Å². The van der Waals surface area contributed by atoms with Crippen molar-refractivity contribution in [2.75, 3.05) is 13.1 Å². The zero-order valence-corrected chi connectivity index (χ0v) is 12.2. The highest BCUT2D eigenvalue weighted by molar-refractivity contribution is 5.85. The number of nitrogens with two attached hydrogens (primary N) is 1. The van der Waals surface area contributed by atoms with E-state index in [1.165, 1.54) is 31.5 Å². The van der Waals surface area contributed by atoms with E-state index in [4.69, 9.17) is 5.73 Å². The molecule has 2 rings (SSSR count). The van der Waals surface area contributed by atoms with E-state index in [0.29, 0.717) is 12.0 Å². The largest absolute Gasteiger partial charge is 0.328 e. The highest BCUT2D eigenvalue weighted by Gasteiger charge is 2.21. The summed E-state index contributed by atoms with van der Waals surface area (Å²) in [5, 5.41) is 4.31. The first kappa shape index (κ1) is 15.5. The molecule has 0 bridgehead atoms. The summed E-state index contributed by atoms with van der Waals surface area (Å²) in [6, 6.07) is 0.347. The molecule has 4 nitrogen and oxygen atoms in total. The van der Waals surface area contributed by atoms with Gasteiger partial charge in [0.05, 0.1) is 6.20 Å². The lowest BCUT2D eigenvalue weighted by Gasteiger charge is -2.33. The molecule has 1 aromatic heterocycles. The van der Waals surface area contributed by atoms with Gasteiger partial charge in [-0.25, -0.2) is 0 Å². The predicted molar refractivity (Wildman–Crippen MR) is 76.8 cm³/mol. The Morgan fingerprint density at radius 2 is 2.11 bits per heavy atom. The minimum absolute atomic E-state index is 0. The smallest absolute Gasteiger partial charge is 0.0534 e. The van der Waals surface area contributed by atoms with E-state index in [0.717, 1.165) is 13.1 Å². The van der Waals surface area contributed by atoms with Gasteiger partial charge in [-0.3, -0.25) is 9.58 Å². The van der Waals surface area contributed by atoms with Gasteiger partial charge in [-0.15, -0.1) is 12.4 Å². The highest BCUT2D eigenvalue weighted by atomic mass is 35.5. The molecular weight excluding hydrogens is 248 g/mol. The van der Waals surface area contributed by atoms with Gasteiger partial charge in [0.15, 0.2) is 0 Å². The van der Waals surface area contributed by atoms with Gasteiger partial charge in [0, 0.05) is 30.9 Å². The zero-order chi connectivity index (χ0) is 12.3. The summed E-state index contributed by atoms with van der Waals surface area (Å²) in [5.74, 6) is 0.713. The monoisotopic (exact) mass is 272 g/mol. The van der Waals surface area contributed by atoms with Crippen LogP contribution in [0.5, 0.6) is 0 Å². The average Bonchev–Trinajstić information content (AvgIpc) is 2.77. The second kappa shape index (κ2) is 7.12. The van der Waals surface area contributed by atoms with Gasteiger partial charge in [-0.2, -0.15) is 5.10 Å². The normalized spacial score (nSPS) is 19.5. The van der Waals surface area contributed by atoms with Crippen LogP contribution in [0.15, 0.2) is 12.4 Å². The molecule has 0 radical (unpaired) electrons. The molecule has 1 aliphatic rings. The summed E-state index contributed by atoms with van der Waals surface area (Å²) in [4.78, 5) is 2.51. The molecule has 1 unspecified atom stereocenters. The van der Waals surface area contributed by atoms with Crippen LogP contribution in [-0.2, 0) is 13.1 Å². The molecule has 0 aliphatic carbocycles. The third-order valence-electron chi connectivity index (χ3n) is 3.79. The number of aryl methyl sites for hydroxylation is 1. The van der Waals surface area contributed by atoms with Gasteiger partial charge in [0.25, 0.3) is 0 Å². The van der Waals surface area contributed by atoms with Crippen molar-refractivity contribution in [3.8, 4) is 0 Å². The lowest BCUT2D eigenvalue weighted by Crippen LogP contribution is -2.39. The maximum Gasteiger partial charge on any atom is 0.0534 e. The molecule has 0 aromatic carbocycles. The van der Waals surface area contributed by atoms with Crippen LogP contribution in [0.4, 0.5) is 0 Å². The molecule has 1 aromatic rings. The Morgan fingerprint density at radius 3 is 2.61 bits per heavy atom. The summed E-state index contributed by atoms with van der Waals surface area (Å²) in [5.41, 5.74) is 7.28. The molecule has 2 N–H and O–H groups in total. The second-order valence-corrected chi connectivity index (χ2v) is 5.18. The molecule has 0 saturated carbocycles. The van der Waals surface area contributed by atoms with Crippen LogP contribution in [0.2, 0.25) is 0 Å². The third kappa shape index (κ3) is 3.97. The standard InChI is InChI=1S/C13H24N4.ClH/c1-3-17-10-12(8-15-17)9-16-6-4-13(5-7-16)11(2)14;/h8,10-11,13H,3-7,9,14H2,1-2H3;1H. The van der Waals surface area contributed by atoms with Crippen LogP contribution in [0.3, 0.4) is 0 Å². The lowest BCUT2D eigenvalue weighted by atomic mass is 9.91. The Labute approximate surface area is 116 Å². The van der Waals surface area contributed by atoms with Gasteiger partial charge >= 0.3 is 0 Å². The van der Waals surface area contributed by atoms with Gasteiger partial charge in [0.1, 0.15) is 0 Å². The molecule has 0 amide bonds. The van der Waals surface area contributed by atoms with E-state index in [-0.39, 0.29) is 12.4 Å². The summed E-state index contributed by atoms with van der Waals surface area (Å²) in [6.07, 6.45) is 6.61. The lowest BCUT2D eigenvalue weighted by molar-refractivity contribution is 0.165. The van der Waals surface area contributed by atoms with Crippen molar-refractivity contribution in [2.24, 2.45) is 11.7 Å². The van der Waals surface area contributed by atoms with Crippen molar-refractivity contribution in [1.82, 2.24) is 14.7 Å². The number of nitrogens with zero attached hydrogens (tertiary/aromatic N) is 3. The van der Waals surface area contributed by atoms with E-state index in [2.05, 4.69) is 30.0 Å². The first-order valence-electron chi connectivity index (χ1n) is 6.68. The molecule has 18 heavy (non-hydrogen) atoms. The Bertz CT molecular complexity index is 343. The molecule has 0 spiro atoms. The van der Waals surface area contributed by atoms with Crippen molar-refractivity contribution in [1.29, 1.82) is 0 Å². The molecule has 1 saturated heterocycles. The van der Waals surface area contributed by atoms with Crippen LogP contribution in [0.25, 0.3) is 0 Å². The van der Waals surface area contributed by atoms with Crippen LogP contribution in [0.1, 0.15) is 32.3 Å². The first-order chi connectivity index (χ1) is 8.19. The third-order valence-corrected chi connectivity index (χ3v) is 3.79. The molecular formula is C13H25ClN4. The van der Waals surface area contributed by atoms with Crippen molar-refractivity contribution in [3.05, 3.63) is 18.0 Å². The van der Waals surface area contributed by atoms with Gasteiger partial charge in [-0.1, -0.05) is 0 Å². The van der Waals surface area contributed by atoms with Crippen LogP contribution in [-0.4, -0.2) is 33.8 Å². The average molecular weight is 273 g/mol. The second-order valence-electron chi connectivity index (χ2n) is 5.18. The Hall–Kier alpha value is -0.580. The van der Waals surface area contributed by atoms with E-state index in [1.54, 1.807) is 0 Å². The minimum atomic E-state index is 0. The number of likely N-dealkylation sites (tertiary alicyclic amines) is 1. The number of rotatable bonds is 4. The first-order valence-corrected chi connectivity index (χ1v) is 6.68. The molecule has 5 heteroatoms. The van der Waals surface area contributed by atoms with Crippen molar-refractivity contribution < 1.29 is 0 Å². The van der Waals surface area contributed by atoms with E-state index in [9.17, 15) is 0 Å². The van der Waals surface area contributed by atoms with Crippen molar-refractivity contribution >= 4 is 12.4 Å². The summed E-state index contributed by atoms with van der Waals surface area (Å²) in [6.45, 7) is 8.57. The molecule has 1 aliphatic heterocycles. The maximum atomic E-state index is 5.95. The van der Waals surface area contributed by atoms with Crippen LogP contribution in [0, 0.1) is 5.92 Å². The Morgan fingerprint density at radius 1 is 1.44 bits per heavy atom. The van der Waals surface area contributed by atoms with E-state index >= 15 is 0 Å². The zero-order valence-electron chi connectivity index (χ0n) is 11.4. The quantitative estimate of drug-likeness (QED) is 0.911. The number of piperidine rings is 1. The number of hydrogen-bond donors (Lipinski definition) is 1.